The van der Waals surface area contributed by atoms with Crippen molar-refractivity contribution in [1.29, 1.82) is 0 Å². The fourth-order valence-electron chi connectivity index (χ4n) is 1.35. The van der Waals surface area contributed by atoms with Crippen LogP contribution in [0.15, 0.2) is 28.9 Å². The second kappa shape index (κ2) is 3.84. The zero-order chi connectivity index (χ0) is 9.97. The first-order chi connectivity index (χ1) is 6.78. The highest BCUT2D eigenvalue weighted by atomic mass is 79.9. The van der Waals surface area contributed by atoms with Crippen LogP contribution in [0.3, 0.4) is 0 Å². The molecule has 14 heavy (non-hydrogen) atoms. The van der Waals surface area contributed by atoms with E-state index in [1.165, 1.54) is 0 Å². The monoisotopic (exact) mass is 252 g/mol. The van der Waals surface area contributed by atoms with Gasteiger partial charge < -0.3 is 9.97 Å². The van der Waals surface area contributed by atoms with E-state index in [4.69, 9.17) is 0 Å². The van der Waals surface area contributed by atoms with E-state index in [9.17, 15) is 4.79 Å². The third-order valence-corrected chi connectivity index (χ3v) is 2.45. The summed E-state index contributed by atoms with van der Waals surface area (Å²) in [5.41, 5.74) is 2.75. The Kier molecular flexibility index (Phi) is 2.54. The minimum Gasteiger partial charge on any atom is -0.356 e. The van der Waals surface area contributed by atoms with Gasteiger partial charge in [-0.25, -0.2) is 0 Å². The second-order valence-electron chi connectivity index (χ2n) is 3.07. The number of nitrogens with one attached hydrogen (secondary N) is 2. The van der Waals surface area contributed by atoms with Crippen LogP contribution in [-0.2, 0) is 6.42 Å². The number of carbonyl (C=O) groups is 1. The molecule has 0 amide bonds. The van der Waals surface area contributed by atoms with E-state index in [0.29, 0.717) is 5.69 Å². The van der Waals surface area contributed by atoms with Crippen molar-refractivity contribution in [2.24, 2.45) is 0 Å². The lowest BCUT2D eigenvalue weighted by atomic mass is 10.2. The number of hydrogen-bond donors (Lipinski definition) is 2. The molecule has 2 N–H and O–H groups in total. The van der Waals surface area contributed by atoms with E-state index in [2.05, 4.69) is 25.9 Å². The summed E-state index contributed by atoms with van der Waals surface area (Å²) in [6.45, 7) is 0. The summed E-state index contributed by atoms with van der Waals surface area (Å²) in [5, 5.41) is 0. The molecule has 0 aliphatic rings. The molecular weight excluding hydrogens is 244 g/mol. The molecule has 0 atom stereocenters. The van der Waals surface area contributed by atoms with Crippen LogP contribution < -0.4 is 0 Å². The van der Waals surface area contributed by atoms with Gasteiger partial charge in [0.25, 0.3) is 0 Å². The Balaban J connectivity index is 2.14. The number of aromatic amines is 2. The fourth-order valence-corrected chi connectivity index (χ4v) is 1.74. The van der Waals surface area contributed by atoms with Gasteiger partial charge in [0, 0.05) is 17.8 Å². The summed E-state index contributed by atoms with van der Waals surface area (Å²) in [6.07, 6.45) is 1.59. The Hall–Kier alpha value is -1.29. The molecule has 3 nitrogen and oxygen atoms in total. The molecule has 0 saturated heterocycles. The molecule has 2 heterocycles. The van der Waals surface area contributed by atoms with E-state index in [1.807, 2.05) is 18.2 Å². The van der Waals surface area contributed by atoms with Crippen LogP contribution in [0.25, 0.3) is 0 Å². The van der Waals surface area contributed by atoms with Crippen LogP contribution >= 0.6 is 15.9 Å². The van der Waals surface area contributed by atoms with Crippen molar-refractivity contribution >= 4 is 22.2 Å². The molecule has 4 heteroatoms. The third kappa shape index (κ3) is 1.96. The zero-order valence-corrected chi connectivity index (χ0v) is 8.97. The fraction of sp³-hybridized carbons (Fsp3) is 0.100. The predicted molar refractivity (Wildman–Crippen MR) is 57.5 cm³/mol. The topological polar surface area (TPSA) is 48.6 Å². The van der Waals surface area contributed by atoms with Crippen molar-refractivity contribution in [3.8, 4) is 0 Å². The van der Waals surface area contributed by atoms with Crippen LogP contribution in [0.2, 0.25) is 0 Å². The summed E-state index contributed by atoms with van der Waals surface area (Å²) >= 11 is 3.34. The van der Waals surface area contributed by atoms with Crippen LogP contribution in [-0.4, -0.2) is 16.3 Å². The van der Waals surface area contributed by atoms with Gasteiger partial charge in [-0.3, -0.25) is 4.79 Å². The Labute approximate surface area is 89.7 Å². The molecule has 2 rings (SSSR count). The van der Waals surface area contributed by atoms with E-state index < -0.39 is 0 Å². The minimum absolute atomic E-state index is 0.616. The van der Waals surface area contributed by atoms with Crippen molar-refractivity contribution in [2.75, 3.05) is 0 Å². The molecule has 0 fully saturated rings. The molecule has 0 unspecified atom stereocenters. The highest BCUT2D eigenvalue weighted by Gasteiger charge is 2.01. The lowest BCUT2D eigenvalue weighted by molar-refractivity contribution is 0.111. The zero-order valence-electron chi connectivity index (χ0n) is 7.38. The van der Waals surface area contributed by atoms with Crippen LogP contribution in [0.1, 0.15) is 21.9 Å². The Morgan fingerprint density at radius 3 is 2.43 bits per heavy atom. The first-order valence-electron chi connectivity index (χ1n) is 4.24. The maximum absolute atomic E-state index is 10.4. The molecular formula is C10H9BrN2O. The van der Waals surface area contributed by atoms with Crippen LogP contribution in [0, 0.1) is 0 Å². The van der Waals surface area contributed by atoms with Gasteiger partial charge in [0.15, 0.2) is 6.29 Å². The van der Waals surface area contributed by atoms with Crippen molar-refractivity contribution in [3.05, 3.63) is 46.0 Å². The first-order valence-corrected chi connectivity index (χ1v) is 5.03. The average molecular weight is 253 g/mol. The van der Waals surface area contributed by atoms with Gasteiger partial charge in [0.1, 0.15) is 0 Å². The highest BCUT2D eigenvalue weighted by molar-refractivity contribution is 9.10. The average Bonchev–Trinajstić information content (AvgIpc) is 2.76. The molecule has 0 spiro atoms. The minimum atomic E-state index is 0.616. The van der Waals surface area contributed by atoms with Crippen molar-refractivity contribution < 1.29 is 4.79 Å². The molecule has 0 aliphatic carbocycles. The van der Waals surface area contributed by atoms with Crippen molar-refractivity contribution in [1.82, 2.24) is 9.97 Å². The standard InChI is InChI=1S/C10H9BrN2O/c11-10-4-3-8(13-10)5-7-1-2-9(6-14)12-7/h1-4,6,12-13H,5H2. The van der Waals surface area contributed by atoms with Crippen LogP contribution in [0.5, 0.6) is 0 Å². The Morgan fingerprint density at radius 1 is 1.14 bits per heavy atom. The number of H-pyrrole nitrogens is 2. The molecule has 0 aliphatic heterocycles. The predicted octanol–water partition coefficient (Wildman–Crippen LogP) is 2.51. The van der Waals surface area contributed by atoms with Crippen LogP contribution in [0.4, 0.5) is 0 Å². The molecule has 0 saturated carbocycles. The molecule has 72 valence electrons. The molecule has 0 aromatic carbocycles. The Bertz CT molecular complexity index is 444. The molecule has 0 bridgehead atoms. The SMILES string of the molecule is O=Cc1ccc(Cc2ccc(Br)[nH]2)[nH]1. The lowest BCUT2D eigenvalue weighted by Crippen LogP contribution is -1.89. The number of aromatic nitrogens is 2. The van der Waals surface area contributed by atoms with Gasteiger partial charge in [0.05, 0.1) is 10.3 Å². The number of hydrogen-bond acceptors (Lipinski definition) is 1. The summed E-state index contributed by atoms with van der Waals surface area (Å²) < 4.78 is 0.967. The van der Waals surface area contributed by atoms with Gasteiger partial charge in [-0.15, -0.1) is 0 Å². The highest BCUT2D eigenvalue weighted by Crippen LogP contribution is 2.12. The number of halogens is 1. The smallest absolute Gasteiger partial charge is 0.166 e. The van der Waals surface area contributed by atoms with E-state index >= 15 is 0 Å². The van der Waals surface area contributed by atoms with Crippen molar-refractivity contribution in [2.45, 2.75) is 6.42 Å². The Morgan fingerprint density at radius 2 is 1.86 bits per heavy atom. The lowest BCUT2D eigenvalue weighted by Gasteiger charge is -1.94. The number of aldehydes is 1. The van der Waals surface area contributed by atoms with Gasteiger partial charge in [0.2, 0.25) is 0 Å². The summed E-state index contributed by atoms with van der Waals surface area (Å²) in [4.78, 5) is 16.6. The third-order valence-electron chi connectivity index (χ3n) is 1.99. The first kappa shape index (κ1) is 9.27. The quantitative estimate of drug-likeness (QED) is 0.811. The number of rotatable bonds is 3. The summed E-state index contributed by atoms with van der Waals surface area (Å²) in [7, 11) is 0. The normalized spacial score (nSPS) is 10.4. The van der Waals surface area contributed by atoms with E-state index in [0.717, 1.165) is 28.7 Å². The van der Waals surface area contributed by atoms with E-state index in [1.54, 1.807) is 6.07 Å². The number of carbonyl (C=O) groups excluding carboxylic acids is 1. The van der Waals surface area contributed by atoms with Gasteiger partial charge in [-0.2, -0.15) is 0 Å². The second-order valence-corrected chi connectivity index (χ2v) is 3.92. The molecule has 0 radical (unpaired) electrons. The van der Waals surface area contributed by atoms with E-state index in [-0.39, 0.29) is 0 Å². The van der Waals surface area contributed by atoms with Gasteiger partial charge in [-0.05, 0) is 40.2 Å². The molecule has 2 aromatic heterocycles. The van der Waals surface area contributed by atoms with Gasteiger partial charge in [-0.1, -0.05) is 0 Å². The largest absolute Gasteiger partial charge is 0.356 e. The summed E-state index contributed by atoms with van der Waals surface area (Å²) in [6, 6.07) is 7.66. The van der Waals surface area contributed by atoms with Gasteiger partial charge >= 0.3 is 0 Å². The molecule has 2 aromatic rings. The maximum atomic E-state index is 10.4. The maximum Gasteiger partial charge on any atom is 0.166 e. The van der Waals surface area contributed by atoms with Crippen molar-refractivity contribution in [3.63, 3.8) is 0 Å². The summed E-state index contributed by atoms with van der Waals surface area (Å²) in [5.74, 6) is 0.